The highest BCUT2D eigenvalue weighted by molar-refractivity contribution is 5.79. The number of anilines is 1. The van der Waals surface area contributed by atoms with E-state index in [9.17, 15) is 4.79 Å². The molecule has 2 N–H and O–H groups in total. The Labute approximate surface area is 156 Å². The average Bonchev–Trinajstić information content (AvgIpc) is 2.68. The van der Waals surface area contributed by atoms with E-state index >= 15 is 0 Å². The molecule has 4 heteroatoms. The number of carbonyl (C=O) groups excluding carboxylic acids is 1. The van der Waals surface area contributed by atoms with Crippen molar-refractivity contribution in [3.63, 3.8) is 0 Å². The van der Waals surface area contributed by atoms with Gasteiger partial charge in [-0.15, -0.1) is 0 Å². The third kappa shape index (κ3) is 4.25. The van der Waals surface area contributed by atoms with E-state index in [4.69, 9.17) is 0 Å². The first-order chi connectivity index (χ1) is 12.6. The van der Waals surface area contributed by atoms with Gasteiger partial charge in [0.1, 0.15) is 0 Å². The lowest BCUT2D eigenvalue weighted by atomic mass is 10.1. The van der Waals surface area contributed by atoms with E-state index < -0.39 is 0 Å². The van der Waals surface area contributed by atoms with Crippen LogP contribution in [0.4, 0.5) is 5.69 Å². The summed E-state index contributed by atoms with van der Waals surface area (Å²) >= 11 is 0. The third-order valence-corrected chi connectivity index (χ3v) is 5.64. The summed E-state index contributed by atoms with van der Waals surface area (Å²) in [5.41, 5.74) is 5.18. The Morgan fingerprint density at radius 1 is 1.08 bits per heavy atom. The Morgan fingerprint density at radius 2 is 1.77 bits per heavy atom. The molecule has 138 valence electrons. The number of nitrogens with one attached hydrogen (secondary N) is 2. The lowest BCUT2D eigenvalue weighted by Gasteiger charge is -2.36. The van der Waals surface area contributed by atoms with Crippen molar-refractivity contribution in [2.75, 3.05) is 31.1 Å². The number of amides is 1. The Bertz CT molecular complexity index is 736. The van der Waals surface area contributed by atoms with Crippen molar-refractivity contribution in [1.29, 1.82) is 0 Å². The van der Waals surface area contributed by atoms with Crippen LogP contribution in [0.15, 0.2) is 48.5 Å². The van der Waals surface area contributed by atoms with Crippen LogP contribution in [-0.4, -0.2) is 38.1 Å². The lowest BCUT2D eigenvalue weighted by Crippen LogP contribution is -3.19. The van der Waals surface area contributed by atoms with Crippen molar-refractivity contribution in [1.82, 2.24) is 5.32 Å². The molecule has 3 rings (SSSR count). The minimum absolute atomic E-state index is 0.0144. The van der Waals surface area contributed by atoms with Crippen LogP contribution in [0.25, 0.3) is 0 Å². The Morgan fingerprint density at radius 3 is 2.46 bits per heavy atom. The van der Waals surface area contributed by atoms with Gasteiger partial charge in [0.25, 0.3) is 5.91 Å². The van der Waals surface area contributed by atoms with Gasteiger partial charge < -0.3 is 15.1 Å². The molecule has 0 aromatic heterocycles. The SMILES string of the molecule is Cc1cccc(N2CC[NH+]([C@@H](C)C(=O)NCc3ccccc3)CC2)c1C. The minimum atomic E-state index is -0.0144. The van der Waals surface area contributed by atoms with Gasteiger partial charge in [0.2, 0.25) is 0 Å². The number of quaternary nitrogens is 1. The number of hydrogen-bond donors (Lipinski definition) is 2. The number of hydrogen-bond acceptors (Lipinski definition) is 2. The van der Waals surface area contributed by atoms with E-state index in [-0.39, 0.29) is 11.9 Å². The molecule has 1 heterocycles. The second-order valence-corrected chi connectivity index (χ2v) is 7.29. The summed E-state index contributed by atoms with van der Waals surface area (Å²) in [6, 6.07) is 16.6. The fraction of sp³-hybridized carbons (Fsp3) is 0.409. The van der Waals surface area contributed by atoms with Gasteiger partial charge in [-0.25, -0.2) is 0 Å². The Hall–Kier alpha value is -2.33. The zero-order valence-electron chi connectivity index (χ0n) is 16.1. The zero-order chi connectivity index (χ0) is 18.5. The van der Waals surface area contributed by atoms with E-state index in [1.54, 1.807) is 0 Å². The van der Waals surface area contributed by atoms with Crippen LogP contribution in [-0.2, 0) is 11.3 Å². The molecule has 2 aromatic rings. The van der Waals surface area contributed by atoms with Crippen LogP contribution in [0, 0.1) is 13.8 Å². The average molecular weight is 353 g/mol. The molecule has 26 heavy (non-hydrogen) atoms. The van der Waals surface area contributed by atoms with Gasteiger partial charge in [-0.2, -0.15) is 0 Å². The highest BCUT2D eigenvalue weighted by Gasteiger charge is 2.29. The predicted molar refractivity (Wildman–Crippen MR) is 107 cm³/mol. The van der Waals surface area contributed by atoms with Crippen LogP contribution >= 0.6 is 0 Å². The summed E-state index contributed by atoms with van der Waals surface area (Å²) in [6.07, 6.45) is 0. The van der Waals surface area contributed by atoms with Gasteiger partial charge in [0.15, 0.2) is 6.04 Å². The molecule has 0 bridgehead atoms. The maximum absolute atomic E-state index is 12.5. The lowest BCUT2D eigenvalue weighted by molar-refractivity contribution is -0.914. The molecular formula is C22H30N3O+. The first kappa shape index (κ1) is 18.5. The normalized spacial score (nSPS) is 16.3. The smallest absolute Gasteiger partial charge is 0.278 e. The number of benzene rings is 2. The summed E-state index contributed by atoms with van der Waals surface area (Å²) in [6.45, 7) is 11.0. The van der Waals surface area contributed by atoms with E-state index in [1.165, 1.54) is 21.7 Å². The minimum Gasteiger partial charge on any atom is -0.360 e. The van der Waals surface area contributed by atoms with Crippen molar-refractivity contribution >= 4 is 11.6 Å². The molecule has 1 amide bonds. The van der Waals surface area contributed by atoms with E-state index in [0.29, 0.717) is 6.54 Å². The summed E-state index contributed by atoms with van der Waals surface area (Å²) in [5.74, 6) is 0.143. The van der Waals surface area contributed by atoms with Gasteiger partial charge in [0, 0.05) is 12.2 Å². The van der Waals surface area contributed by atoms with Crippen LogP contribution in [0.1, 0.15) is 23.6 Å². The molecule has 0 radical (unpaired) electrons. The van der Waals surface area contributed by atoms with E-state index in [2.05, 4.69) is 42.3 Å². The largest absolute Gasteiger partial charge is 0.360 e. The van der Waals surface area contributed by atoms with Gasteiger partial charge in [-0.05, 0) is 43.5 Å². The van der Waals surface area contributed by atoms with Crippen LogP contribution in [0.2, 0.25) is 0 Å². The first-order valence-corrected chi connectivity index (χ1v) is 9.53. The highest BCUT2D eigenvalue weighted by Crippen LogP contribution is 2.22. The second kappa shape index (κ2) is 8.37. The van der Waals surface area contributed by atoms with E-state index in [1.807, 2.05) is 37.3 Å². The fourth-order valence-corrected chi connectivity index (χ4v) is 3.67. The van der Waals surface area contributed by atoms with Crippen molar-refractivity contribution in [2.24, 2.45) is 0 Å². The summed E-state index contributed by atoms with van der Waals surface area (Å²) in [7, 11) is 0. The van der Waals surface area contributed by atoms with Gasteiger partial charge >= 0.3 is 0 Å². The van der Waals surface area contributed by atoms with Gasteiger partial charge in [-0.3, -0.25) is 4.79 Å². The number of carbonyl (C=O) groups is 1. The summed E-state index contributed by atoms with van der Waals surface area (Å²) in [5, 5.41) is 3.08. The first-order valence-electron chi connectivity index (χ1n) is 9.53. The molecule has 1 fully saturated rings. The van der Waals surface area contributed by atoms with Crippen molar-refractivity contribution in [3.05, 3.63) is 65.2 Å². The predicted octanol–water partition coefficient (Wildman–Crippen LogP) is 1.71. The Balaban J connectivity index is 1.52. The van der Waals surface area contributed by atoms with Crippen LogP contribution in [0.3, 0.4) is 0 Å². The molecule has 1 saturated heterocycles. The fourth-order valence-electron chi connectivity index (χ4n) is 3.67. The van der Waals surface area contributed by atoms with Crippen molar-refractivity contribution in [3.8, 4) is 0 Å². The molecule has 0 aliphatic carbocycles. The molecule has 4 nitrogen and oxygen atoms in total. The molecule has 0 saturated carbocycles. The quantitative estimate of drug-likeness (QED) is 0.860. The topological polar surface area (TPSA) is 36.8 Å². The maximum Gasteiger partial charge on any atom is 0.278 e. The van der Waals surface area contributed by atoms with Crippen LogP contribution in [0.5, 0.6) is 0 Å². The number of aryl methyl sites for hydroxylation is 1. The molecule has 0 spiro atoms. The Kier molecular flexibility index (Phi) is 5.94. The standard InChI is InChI=1S/C22H29N3O/c1-17-8-7-11-21(18(17)2)25-14-12-24(13-15-25)19(3)22(26)23-16-20-9-5-4-6-10-20/h4-11,19H,12-16H2,1-3H3,(H,23,26)/p+1/t19-/m0/s1. The molecule has 0 unspecified atom stereocenters. The summed E-state index contributed by atoms with van der Waals surface area (Å²) < 4.78 is 0. The molecule has 1 atom stereocenters. The van der Waals surface area contributed by atoms with Crippen molar-refractivity contribution < 1.29 is 9.69 Å². The van der Waals surface area contributed by atoms with Crippen molar-refractivity contribution in [2.45, 2.75) is 33.4 Å². The molecule has 1 aliphatic heterocycles. The zero-order valence-corrected chi connectivity index (χ0v) is 16.1. The molecule has 2 aromatic carbocycles. The van der Waals surface area contributed by atoms with E-state index in [0.717, 1.165) is 31.7 Å². The monoisotopic (exact) mass is 352 g/mol. The van der Waals surface area contributed by atoms with Gasteiger partial charge in [0.05, 0.1) is 26.2 Å². The molecule has 1 aliphatic rings. The highest BCUT2D eigenvalue weighted by atomic mass is 16.2. The third-order valence-electron chi connectivity index (χ3n) is 5.64. The number of nitrogens with zero attached hydrogens (tertiary/aromatic N) is 1. The number of piperazine rings is 1. The second-order valence-electron chi connectivity index (χ2n) is 7.29. The van der Waals surface area contributed by atoms with Crippen LogP contribution < -0.4 is 15.1 Å². The van der Waals surface area contributed by atoms with Gasteiger partial charge in [-0.1, -0.05) is 42.5 Å². The number of rotatable bonds is 5. The summed E-state index contributed by atoms with van der Waals surface area (Å²) in [4.78, 5) is 16.4. The molecular weight excluding hydrogens is 322 g/mol. The maximum atomic E-state index is 12.5.